The van der Waals surface area contributed by atoms with Gasteiger partial charge in [0.05, 0.1) is 6.10 Å². The molecule has 1 heterocycles. The molecule has 1 fully saturated rings. The molecule has 0 radical (unpaired) electrons. The number of hydrogen-bond acceptors (Lipinski definition) is 4. The third kappa shape index (κ3) is 2.24. The summed E-state index contributed by atoms with van der Waals surface area (Å²) in [6, 6.07) is 0.299. The molecule has 2 atom stereocenters. The Hall–Kier alpha value is -1.36. The number of hydrogen-bond donors (Lipinski definition) is 1. The van der Waals surface area contributed by atoms with E-state index >= 15 is 0 Å². The van der Waals surface area contributed by atoms with Gasteiger partial charge in [0.25, 0.3) is 5.56 Å². The van der Waals surface area contributed by atoms with Crippen molar-refractivity contribution in [3.8, 4) is 0 Å². The van der Waals surface area contributed by atoms with Gasteiger partial charge in [-0.05, 0) is 19.3 Å². The van der Waals surface area contributed by atoms with E-state index in [2.05, 4.69) is 10.3 Å². The zero-order valence-electron chi connectivity index (χ0n) is 9.64. The van der Waals surface area contributed by atoms with Crippen molar-refractivity contribution in [1.29, 1.82) is 0 Å². The highest BCUT2D eigenvalue weighted by Gasteiger charge is 2.25. The summed E-state index contributed by atoms with van der Waals surface area (Å²) < 4.78 is 6.82. The highest BCUT2D eigenvalue weighted by molar-refractivity contribution is 5.32. The number of ether oxygens (including phenoxy) is 1. The van der Waals surface area contributed by atoms with Gasteiger partial charge in [-0.15, -0.1) is 0 Å². The molecule has 2 unspecified atom stereocenters. The van der Waals surface area contributed by atoms with E-state index in [0.717, 1.165) is 19.3 Å². The van der Waals surface area contributed by atoms with Crippen molar-refractivity contribution in [2.75, 3.05) is 12.4 Å². The summed E-state index contributed by atoms with van der Waals surface area (Å²) in [5.74, 6) is 0.437. The minimum atomic E-state index is -0.0802. The fourth-order valence-electron chi connectivity index (χ4n) is 2.08. The van der Waals surface area contributed by atoms with Gasteiger partial charge < -0.3 is 14.6 Å². The molecule has 5 nitrogen and oxygen atoms in total. The van der Waals surface area contributed by atoms with Crippen LogP contribution in [0.4, 0.5) is 5.82 Å². The number of aryl methyl sites for hydroxylation is 1. The quantitative estimate of drug-likeness (QED) is 0.822. The van der Waals surface area contributed by atoms with E-state index in [0.29, 0.717) is 18.0 Å². The largest absolute Gasteiger partial charge is 0.381 e. The third-order valence-corrected chi connectivity index (χ3v) is 3.08. The summed E-state index contributed by atoms with van der Waals surface area (Å²) in [7, 11) is 3.45. The molecule has 0 aromatic carbocycles. The smallest absolute Gasteiger partial charge is 0.293 e. The van der Waals surface area contributed by atoms with Gasteiger partial charge >= 0.3 is 0 Å². The number of methoxy groups -OCH3 is 1. The van der Waals surface area contributed by atoms with Crippen molar-refractivity contribution in [3.63, 3.8) is 0 Å². The Balaban J connectivity index is 2.05. The summed E-state index contributed by atoms with van der Waals surface area (Å²) in [6.45, 7) is 0. The van der Waals surface area contributed by atoms with Gasteiger partial charge in [0.15, 0.2) is 5.82 Å². The Morgan fingerprint density at radius 3 is 3.06 bits per heavy atom. The van der Waals surface area contributed by atoms with Crippen molar-refractivity contribution >= 4 is 5.82 Å². The molecule has 1 saturated carbocycles. The van der Waals surface area contributed by atoms with E-state index in [1.54, 1.807) is 26.6 Å². The lowest BCUT2D eigenvalue weighted by molar-refractivity contribution is 0.108. The predicted octanol–water partition coefficient (Wildman–Crippen LogP) is 0.760. The van der Waals surface area contributed by atoms with Crippen LogP contribution in [0.2, 0.25) is 0 Å². The van der Waals surface area contributed by atoms with Gasteiger partial charge in [0.2, 0.25) is 0 Å². The Bertz CT molecular complexity index is 416. The zero-order valence-corrected chi connectivity index (χ0v) is 9.64. The second-order valence-electron chi connectivity index (χ2n) is 4.20. The molecule has 5 heteroatoms. The summed E-state index contributed by atoms with van der Waals surface area (Å²) >= 11 is 0. The molecule has 1 aliphatic rings. The zero-order chi connectivity index (χ0) is 11.5. The molecule has 1 aromatic heterocycles. The average molecular weight is 223 g/mol. The van der Waals surface area contributed by atoms with Crippen LogP contribution >= 0.6 is 0 Å². The Morgan fingerprint density at radius 2 is 2.38 bits per heavy atom. The number of rotatable bonds is 3. The van der Waals surface area contributed by atoms with Crippen molar-refractivity contribution in [2.45, 2.75) is 31.4 Å². The Labute approximate surface area is 94.5 Å². The van der Waals surface area contributed by atoms with E-state index in [4.69, 9.17) is 4.74 Å². The van der Waals surface area contributed by atoms with Gasteiger partial charge in [-0.1, -0.05) is 0 Å². The van der Waals surface area contributed by atoms with E-state index in [1.807, 2.05) is 0 Å². The molecule has 1 aromatic rings. The van der Waals surface area contributed by atoms with Gasteiger partial charge in [0.1, 0.15) is 0 Å². The first-order chi connectivity index (χ1) is 7.70. The topological polar surface area (TPSA) is 56.1 Å². The van der Waals surface area contributed by atoms with E-state index in [9.17, 15) is 4.79 Å². The SMILES string of the molecule is COC1CCC(Nc2nccn(C)c2=O)C1. The predicted molar refractivity (Wildman–Crippen MR) is 61.5 cm³/mol. The molecule has 0 amide bonds. The van der Waals surface area contributed by atoms with Crippen LogP contribution in [0, 0.1) is 0 Å². The normalized spacial score (nSPS) is 24.6. The van der Waals surface area contributed by atoms with Crippen molar-refractivity contribution in [1.82, 2.24) is 9.55 Å². The molecule has 0 aliphatic heterocycles. The van der Waals surface area contributed by atoms with E-state index in [1.165, 1.54) is 4.57 Å². The number of nitrogens with one attached hydrogen (secondary N) is 1. The first-order valence-electron chi connectivity index (χ1n) is 5.51. The van der Waals surface area contributed by atoms with Crippen molar-refractivity contribution < 1.29 is 4.74 Å². The molecule has 0 saturated heterocycles. The number of aromatic nitrogens is 2. The van der Waals surface area contributed by atoms with Crippen LogP contribution in [0.5, 0.6) is 0 Å². The number of anilines is 1. The van der Waals surface area contributed by atoms with Crippen LogP contribution < -0.4 is 10.9 Å². The molecule has 88 valence electrons. The lowest BCUT2D eigenvalue weighted by Crippen LogP contribution is -2.27. The molecule has 16 heavy (non-hydrogen) atoms. The average Bonchev–Trinajstić information content (AvgIpc) is 2.73. The van der Waals surface area contributed by atoms with E-state index in [-0.39, 0.29) is 5.56 Å². The highest BCUT2D eigenvalue weighted by Crippen LogP contribution is 2.23. The summed E-state index contributed by atoms with van der Waals surface area (Å²) in [5.41, 5.74) is -0.0802. The van der Waals surface area contributed by atoms with Crippen LogP contribution in [-0.2, 0) is 11.8 Å². The van der Waals surface area contributed by atoms with Crippen LogP contribution in [0.25, 0.3) is 0 Å². The van der Waals surface area contributed by atoms with Gasteiger partial charge in [-0.3, -0.25) is 4.79 Å². The van der Waals surface area contributed by atoms with Crippen LogP contribution in [0.1, 0.15) is 19.3 Å². The Kier molecular flexibility index (Phi) is 3.24. The molecular formula is C11H17N3O2. The van der Waals surface area contributed by atoms with E-state index < -0.39 is 0 Å². The fraction of sp³-hybridized carbons (Fsp3) is 0.636. The molecule has 0 spiro atoms. The monoisotopic (exact) mass is 223 g/mol. The fourth-order valence-corrected chi connectivity index (χ4v) is 2.08. The standard InChI is InChI=1S/C11H17N3O2/c1-14-6-5-12-10(11(14)15)13-8-3-4-9(7-8)16-2/h5-6,8-9H,3-4,7H2,1-2H3,(H,12,13). The molecular weight excluding hydrogens is 206 g/mol. The first-order valence-corrected chi connectivity index (χ1v) is 5.51. The van der Waals surface area contributed by atoms with Gasteiger partial charge in [-0.25, -0.2) is 4.98 Å². The minimum Gasteiger partial charge on any atom is -0.381 e. The second-order valence-corrected chi connectivity index (χ2v) is 4.20. The second kappa shape index (κ2) is 4.65. The molecule has 0 bridgehead atoms. The lowest BCUT2D eigenvalue weighted by Gasteiger charge is -2.13. The minimum absolute atomic E-state index is 0.0802. The maximum Gasteiger partial charge on any atom is 0.293 e. The van der Waals surface area contributed by atoms with Crippen molar-refractivity contribution in [3.05, 3.63) is 22.7 Å². The summed E-state index contributed by atoms with van der Waals surface area (Å²) in [4.78, 5) is 15.8. The molecule has 1 N–H and O–H groups in total. The maximum absolute atomic E-state index is 11.7. The highest BCUT2D eigenvalue weighted by atomic mass is 16.5. The van der Waals surface area contributed by atoms with Crippen LogP contribution in [0.3, 0.4) is 0 Å². The van der Waals surface area contributed by atoms with Gasteiger partial charge in [0, 0.05) is 32.6 Å². The molecule has 1 aliphatic carbocycles. The third-order valence-electron chi connectivity index (χ3n) is 3.08. The summed E-state index contributed by atoms with van der Waals surface area (Å²) in [6.07, 6.45) is 6.60. The van der Waals surface area contributed by atoms with Crippen LogP contribution in [0.15, 0.2) is 17.2 Å². The van der Waals surface area contributed by atoms with Crippen LogP contribution in [-0.4, -0.2) is 28.8 Å². The van der Waals surface area contributed by atoms with Gasteiger partial charge in [-0.2, -0.15) is 0 Å². The van der Waals surface area contributed by atoms with Crippen molar-refractivity contribution in [2.24, 2.45) is 7.05 Å². The first kappa shape index (κ1) is 11.1. The lowest BCUT2D eigenvalue weighted by atomic mass is 10.2. The Morgan fingerprint density at radius 1 is 1.56 bits per heavy atom. The number of nitrogens with zero attached hydrogens (tertiary/aromatic N) is 2. The molecule has 2 rings (SSSR count). The maximum atomic E-state index is 11.7. The summed E-state index contributed by atoms with van der Waals surface area (Å²) in [5, 5.41) is 3.19.